The molecule has 1 heterocycles. The van der Waals surface area contributed by atoms with Crippen LogP contribution in [-0.2, 0) is 4.79 Å². The second-order valence-corrected chi connectivity index (χ2v) is 9.89. The van der Waals surface area contributed by atoms with E-state index in [9.17, 15) is 4.79 Å². The topological polar surface area (TPSA) is 54.0 Å². The molecule has 4 nitrogen and oxygen atoms in total. The van der Waals surface area contributed by atoms with Crippen LogP contribution in [0.4, 0.5) is 5.82 Å². The first kappa shape index (κ1) is 25.7. The Labute approximate surface area is 219 Å². The van der Waals surface area contributed by atoms with E-state index in [0.29, 0.717) is 28.9 Å². The van der Waals surface area contributed by atoms with Crippen LogP contribution in [0, 0.1) is 5.92 Å². The molecule has 1 aliphatic carbocycles. The van der Waals surface area contributed by atoms with E-state index < -0.39 is 0 Å². The number of carbonyl (C=O) groups excluding carboxylic acids is 1. The molecule has 1 aromatic heterocycles. The minimum absolute atomic E-state index is 0.149. The molecule has 5 heteroatoms. The van der Waals surface area contributed by atoms with Gasteiger partial charge in [0.25, 0.3) is 5.91 Å². The van der Waals surface area contributed by atoms with Crippen molar-refractivity contribution in [1.82, 2.24) is 10.3 Å². The third kappa shape index (κ3) is 6.86. The van der Waals surface area contributed by atoms with E-state index in [2.05, 4.69) is 46.5 Å². The fourth-order valence-corrected chi connectivity index (χ4v) is 5.07. The van der Waals surface area contributed by atoms with Crippen LogP contribution in [0.1, 0.15) is 50.5 Å². The van der Waals surface area contributed by atoms with Crippen molar-refractivity contribution in [2.24, 2.45) is 5.92 Å². The number of amides is 1. The lowest BCUT2D eigenvalue weighted by Crippen LogP contribution is -2.29. The van der Waals surface area contributed by atoms with E-state index >= 15 is 0 Å². The summed E-state index contributed by atoms with van der Waals surface area (Å²) >= 11 is 6.20. The van der Waals surface area contributed by atoms with Gasteiger partial charge in [-0.15, -0.1) is 0 Å². The molecule has 4 rings (SSSR count). The van der Waals surface area contributed by atoms with E-state index in [4.69, 9.17) is 11.6 Å². The highest BCUT2D eigenvalue weighted by Crippen LogP contribution is 2.34. The molecule has 1 fully saturated rings. The molecule has 1 unspecified atom stereocenters. The van der Waals surface area contributed by atoms with E-state index in [-0.39, 0.29) is 5.91 Å². The monoisotopic (exact) mass is 499 g/mol. The largest absolute Gasteiger partial charge is 0.351 e. The van der Waals surface area contributed by atoms with Crippen LogP contribution in [0.5, 0.6) is 0 Å². The lowest BCUT2D eigenvalue weighted by atomic mass is 9.88. The van der Waals surface area contributed by atoms with Crippen molar-refractivity contribution >= 4 is 34.1 Å². The zero-order chi connectivity index (χ0) is 25.3. The first-order valence-electron chi connectivity index (χ1n) is 12.7. The molecule has 3 aromatic rings. The highest BCUT2D eigenvalue weighted by Gasteiger charge is 2.22. The van der Waals surface area contributed by atoms with E-state index in [0.717, 1.165) is 28.8 Å². The summed E-state index contributed by atoms with van der Waals surface area (Å²) in [4.78, 5) is 17.3. The third-order valence-corrected chi connectivity index (χ3v) is 7.17. The molecule has 0 spiro atoms. The molecule has 2 N–H and O–H groups in total. The van der Waals surface area contributed by atoms with Crippen LogP contribution in [0.25, 0.3) is 10.8 Å². The Balaban J connectivity index is 1.37. The lowest BCUT2D eigenvalue weighted by molar-refractivity contribution is -0.117. The average molecular weight is 500 g/mol. The van der Waals surface area contributed by atoms with E-state index in [1.807, 2.05) is 49.4 Å². The van der Waals surface area contributed by atoms with Crippen molar-refractivity contribution in [1.29, 1.82) is 0 Å². The number of aromatic nitrogens is 1. The van der Waals surface area contributed by atoms with Crippen LogP contribution >= 0.6 is 11.6 Å². The van der Waals surface area contributed by atoms with Crippen LogP contribution in [0.2, 0.25) is 5.02 Å². The third-order valence-electron chi connectivity index (χ3n) is 6.93. The summed E-state index contributed by atoms with van der Waals surface area (Å²) in [7, 11) is 0. The Morgan fingerprint density at radius 1 is 1.14 bits per heavy atom. The van der Waals surface area contributed by atoms with Crippen molar-refractivity contribution in [2.75, 3.05) is 11.9 Å². The minimum Gasteiger partial charge on any atom is -0.351 e. The predicted molar refractivity (Wildman–Crippen MR) is 151 cm³/mol. The molecule has 36 heavy (non-hydrogen) atoms. The fourth-order valence-electron chi connectivity index (χ4n) is 4.89. The molecular weight excluding hydrogens is 466 g/mol. The number of nitrogens with zero attached hydrogens (tertiary/aromatic N) is 1. The summed E-state index contributed by atoms with van der Waals surface area (Å²) in [6, 6.07) is 18.2. The van der Waals surface area contributed by atoms with Gasteiger partial charge in [0.15, 0.2) is 0 Å². The maximum atomic E-state index is 12.9. The Morgan fingerprint density at radius 3 is 2.67 bits per heavy atom. The van der Waals surface area contributed by atoms with Gasteiger partial charge in [-0.05, 0) is 60.6 Å². The van der Waals surface area contributed by atoms with Gasteiger partial charge in [0.05, 0.1) is 0 Å². The van der Waals surface area contributed by atoms with Gasteiger partial charge < -0.3 is 10.6 Å². The van der Waals surface area contributed by atoms with Crippen molar-refractivity contribution < 1.29 is 4.79 Å². The van der Waals surface area contributed by atoms with Gasteiger partial charge >= 0.3 is 0 Å². The fraction of sp³-hybridized carbons (Fsp3) is 0.290. The minimum atomic E-state index is -0.149. The summed E-state index contributed by atoms with van der Waals surface area (Å²) in [5.41, 5.74) is 2.51. The molecule has 2 aromatic carbocycles. The molecule has 1 saturated carbocycles. The zero-order valence-electron chi connectivity index (χ0n) is 20.8. The van der Waals surface area contributed by atoms with Gasteiger partial charge in [-0.3, -0.25) is 4.79 Å². The van der Waals surface area contributed by atoms with Crippen molar-refractivity contribution in [3.63, 3.8) is 0 Å². The van der Waals surface area contributed by atoms with Crippen LogP contribution in [-0.4, -0.2) is 17.4 Å². The van der Waals surface area contributed by atoms with E-state index in [1.54, 1.807) is 12.3 Å². The molecule has 0 radical (unpaired) electrons. The maximum Gasteiger partial charge on any atom is 0.250 e. The zero-order valence-corrected chi connectivity index (χ0v) is 21.6. The average Bonchev–Trinajstić information content (AvgIpc) is 3.42. The van der Waals surface area contributed by atoms with Crippen LogP contribution < -0.4 is 10.6 Å². The predicted octanol–water partition coefficient (Wildman–Crippen LogP) is 7.80. The Morgan fingerprint density at radius 2 is 1.92 bits per heavy atom. The molecular formula is C31H34ClN3O. The highest BCUT2D eigenvalue weighted by atomic mass is 35.5. The smallest absolute Gasteiger partial charge is 0.250 e. The summed E-state index contributed by atoms with van der Waals surface area (Å²) in [6.45, 7) is 6.54. The number of nitrogens with one attached hydrogen (secondary N) is 2. The molecule has 0 bridgehead atoms. The summed E-state index contributed by atoms with van der Waals surface area (Å²) in [6.07, 6.45) is 13.6. The standard InChI is InChI=1S/C31H34ClN3O/c1-3-28(35-30-29-20-27(32)15-14-25(29)17-18-33-30)16-13-22(2)31(36)34-21-26(19-23-9-7-8-10-23)24-11-5-4-6-12-24/h3-6,11-18,20,23,26H,2,7-10,19,21H2,1H3,(H,33,35)(H,34,36)/b16-13-,28-3+. The molecule has 0 saturated heterocycles. The first-order valence-corrected chi connectivity index (χ1v) is 13.1. The molecule has 1 aliphatic rings. The van der Waals surface area contributed by atoms with Crippen molar-refractivity contribution in [3.05, 3.63) is 107 Å². The number of hydrogen-bond acceptors (Lipinski definition) is 3. The van der Waals surface area contributed by atoms with Gasteiger partial charge in [-0.25, -0.2) is 4.98 Å². The number of halogens is 1. The molecule has 1 amide bonds. The van der Waals surface area contributed by atoms with Gasteiger partial charge in [0.1, 0.15) is 5.82 Å². The molecule has 0 aliphatic heterocycles. The summed E-state index contributed by atoms with van der Waals surface area (Å²) < 4.78 is 0. The summed E-state index contributed by atoms with van der Waals surface area (Å²) in [5.74, 6) is 1.62. The van der Waals surface area contributed by atoms with Crippen LogP contribution in [0.3, 0.4) is 0 Å². The van der Waals surface area contributed by atoms with Crippen molar-refractivity contribution in [3.8, 4) is 0 Å². The number of anilines is 1. The summed E-state index contributed by atoms with van der Waals surface area (Å²) in [5, 5.41) is 9.09. The highest BCUT2D eigenvalue weighted by molar-refractivity contribution is 6.31. The lowest BCUT2D eigenvalue weighted by Gasteiger charge is -2.21. The van der Waals surface area contributed by atoms with Gasteiger partial charge in [-0.1, -0.05) is 86.3 Å². The van der Waals surface area contributed by atoms with Gasteiger partial charge in [-0.2, -0.15) is 0 Å². The number of pyridine rings is 1. The SMILES string of the molecule is C=C(/C=C\C(=C/C)Nc1nccc2ccc(Cl)cc12)C(=O)NCC(CC1CCCC1)c1ccccc1. The van der Waals surface area contributed by atoms with E-state index in [1.165, 1.54) is 31.2 Å². The molecule has 186 valence electrons. The number of fused-ring (bicyclic) bond motifs is 1. The van der Waals surface area contributed by atoms with Crippen LogP contribution in [0.15, 0.2) is 96.9 Å². The molecule has 1 atom stereocenters. The Kier molecular flexibility index (Phi) is 8.96. The Bertz CT molecular complexity index is 1260. The number of rotatable bonds is 10. The quantitative estimate of drug-likeness (QED) is 0.221. The normalized spacial score (nSPS) is 15.3. The van der Waals surface area contributed by atoms with Crippen molar-refractivity contribution in [2.45, 2.75) is 44.9 Å². The Hall–Kier alpha value is -3.37. The number of hydrogen-bond donors (Lipinski definition) is 2. The number of carbonyl (C=O) groups is 1. The second-order valence-electron chi connectivity index (χ2n) is 9.46. The number of benzene rings is 2. The number of allylic oxidation sites excluding steroid dienone is 2. The first-order chi connectivity index (χ1) is 17.5. The van der Waals surface area contributed by atoms with Gasteiger partial charge in [0.2, 0.25) is 0 Å². The van der Waals surface area contributed by atoms with Gasteiger partial charge in [0, 0.05) is 40.3 Å². The maximum absolute atomic E-state index is 12.9. The second kappa shape index (κ2) is 12.5.